The van der Waals surface area contributed by atoms with Gasteiger partial charge >= 0.3 is 0 Å². The number of carbonyl (C=O) groups excluding carboxylic acids is 1. The first-order valence-corrected chi connectivity index (χ1v) is 4.95. The molecule has 1 saturated heterocycles. The third kappa shape index (κ3) is 4.10. The molecule has 1 heterocycles. The molecular formula is C11H16O2. The van der Waals surface area contributed by atoms with Crippen LogP contribution in [0.5, 0.6) is 0 Å². The third-order valence-electron chi connectivity index (χ3n) is 2.09. The molecule has 1 aliphatic heterocycles. The van der Waals surface area contributed by atoms with Crippen molar-refractivity contribution in [3.05, 3.63) is 0 Å². The van der Waals surface area contributed by atoms with Gasteiger partial charge in [-0.1, -0.05) is 19.8 Å². The van der Waals surface area contributed by atoms with Crippen LogP contribution in [0.3, 0.4) is 0 Å². The number of ether oxygens (including phenoxy) is 1. The van der Waals surface area contributed by atoms with Crippen LogP contribution in [-0.2, 0) is 9.53 Å². The van der Waals surface area contributed by atoms with Crippen molar-refractivity contribution in [2.75, 3.05) is 0 Å². The van der Waals surface area contributed by atoms with Crippen molar-refractivity contribution in [1.82, 2.24) is 0 Å². The van der Waals surface area contributed by atoms with Crippen LogP contribution >= 0.6 is 0 Å². The molecule has 0 unspecified atom stereocenters. The Morgan fingerprint density at radius 3 is 2.85 bits per heavy atom. The first kappa shape index (κ1) is 10.3. The Hall–Kier alpha value is -0.810. The molecule has 0 aliphatic carbocycles. The third-order valence-corrected chi connectivity index (χ3v) is 2.09. The predicted molar refractivity (Wildman–Crippen MR) is 51.3 cm³/mol. The molecule has 0 amide bonds. The zero-order valence-corrected chi connectivity index (χ0v) is 8.08. The Kier molecular flexibility index (Phi) is 4.56. The Morgan fingerprint density at radius 2 is 2.23 bits per heavy atom. The van der Waals surface area contributed by atoms with Crippen molar-refractivity contribution in [3.63, 3.8) is 0 Å². The summed E-state index contributed by atoms with van der Waals surface area (Å²) in [6.07, 6.45) is 6.16. The van der Waals surface area contributed by atoms with E-state index in [2.05, 4.69) is 18.8 Å². The Balaban J connectivity index is 1.95. The van der Waals surface area contributed by atoms with E-state index in [1.165, 1.54) is 19.3 Å². The zero-order valence-electron chi connectivity index (χ0n) is 8.08. The maximum atomic E-state index is 10.2. The highest BCUT2D eigenvalue weighted by molar-refractivity contribution is 5.60. The minimum atomic E-state index is -0.162. The molecule has 0 N–H and O–H groups in total. The van der Waals surface area contributed by atoms with Gasteiger partial charge in [0.05, 0.1) is 0 Å². The molecule has 0 aromatic carbocycles. The van der Waals surface area contributed by atoms with Crippen LogP contribution in [0, 0.1) is 11.8 Å². The maximum absolute atomic E-state index is 10.2. The lowest BCUT2D eigenvalue weighted by atomic mass is 10.2. The van der Waals surface area contributed by atoms with Crippen molar-refractivity contribution in [2.45, 2.75) is 51.2 Å². The Morgan fingerprint density at radius 1 is 1.38 bits per heavy atom. The van der Waals surface area contributed by atoms with E-state index >= 15 is 0 Å². The van der Waals surface area contributed by atoms with Crippen molar-refractivity contribution < 1.29 is 9.53 Å². The Bertz CT molecular complexity index is 212. The number of aldehydes is 1. The molecule has 0 bridgehead atoms. The van der Waals surface area contributed by atoms with Crippen molar-refractivity contribution in [3.8, 4) is 11.8 Å². The molecule has 0 spiro atoms. The average molecular weight is 180 g/mol. The van der Waals surface area contributed by atoms with E-state index in [1.54, 1.807) is 0 Å². The number of unbranched alkanes of at least 4 members (excludes halogenated alkanes) is 3. The van der Waals surface area contributed by atoms with Crippen LogP contribution in [-0.4, -0.2) is 18.5 Å². The molecule has 0 saturated carbocycles. The molecule has 2 heteroatoms. The van der Waals surface area contributed by atoms with Gasteiger partial charge in [-0.15, -0.1) is 11.8 Å². The number of carbonyl (C=O) groups is 1. The molecule has 0 aromatic heterocycles. The first-order chi connectivity index (χ1) is 6.38. The molecule has 2 nitrogen and oxygen atoms in total. The highest BCUT2D eigenvalue weighted by Crippen LogP contribution is 2.22. The van der Waals surface area contributed by atoms with Crippen LogP contribution in [0.1, 0.15) is 39.0 Å². The molecule has 0 radical (unpaired) electrons. The zero-order chi connectivity index (χ0) is 9.52. The summed E-state index contributed by atoms with van der Waals surface area (Å²) < 4.78 is 5.02. The van der Waals surface area contributed by atoms with E-state index in [9.17, 15) is 4.79 Å². The molecular weight excluding hydrogens is 164 g/mol. The highest BCUT2D eigenvalue weighted by Gasteiger charge is 2.37. The summed E-state index contributed by atoms with van der Waals surface area (Å²) in [5.41, 5.74) is 0. The second-order valence-corrected chi connectivity index (χ2v) is 3.29. The highest BCUT2D eigenvalue weighted by atomic mass is 16.6. The van der Waals surface area contributed by atoms with E-state index < -0.39 is 0 Å². The van der Waals surface area contributed by atoms with Gasteiger partial charge in [-0.3, -0.25) is 0 Å². The van der Waals surface area contributed by atoms with E-state index in [0.29, 0.717) is 0 Å². The second kappa shape index (κ2) is 5.77. The molecule has 1 aliphatic rings. The Labute approximate surface area is 79.7 Å². The van der Waals surface area contributed by atoms with Gasteiger partial charge in [-0.05, 0) is 6.42 Å². The fraction of sp³-hybridized carbons (Fsp3) is 0.727. The molecule has 1 rings (SSSR count). The molecule has 1 fully saturated rings. The molecule has 13 heavy (non-hydrogen) atoms. The summed E-state index contributed by atoms with van der Waals surface area (Å²) in [6.45, 7) is 2.18. The average Bonchev–Trinajstić information content (AvgIpc) is 2.90. The largest absolute Gasteiger partial charge is 0.361 e. The smallest absolute Gasteiger partial charge is 0.151 e. The van der Waals surface area contributed by atoms with E-state index in [4.69, 9.17) is 4.74 Å². The fourth-order valence-corrected chi connectivity index (χ4v) is 1.16. The summed E-state index contributed by atoms with van der Waals surface area (Å²) in [5, 5.41) is 0. The van der Waals surface area contributed by atoms with Gasteiger partial charge in [-0.25, -0.2) is 0 Å². The quantitative estimate of drug-likeness (QED) is 0.280. The molecule has 2 atom stereocenters. The SMILES string of the molecule is CCCCCC#CC[C@@H]1O[C@H]1C=O. The van der Waals surface area contributed by atoms with Crippen molar-refractivity contribution >= 4 is 6.29 Å². The van der Waals surface area contributed by atoms with Gasteiger partial charge in [0.25, 0.3) is 0 Å². The number of hydrogen-bond acceptors (Lipinski definition) is 2. The lowest BCUT2D eigenvalue weighted by Gasteiger charge is -1.87. The normalized spacial score (nSPS) is 24.7. The summed E-state index contributed by atoms with van der Waals surface area (Å²) in [4.78, 5) is 10.2. The van der Waals surface area contributed by atoms with Gasteiger partial charge in [0.15, 0.2) is 6.29 Å². The summed E-state index contributed by atoms with van der Waals surface area (Å²) >= 11 is 0. The van der Waals surface area contributed by atoms with Crippen molar-refractivity contribution in [2.24, 2.45) is 0 Å². The van der Waals surface area contributed by atoms with E-state index in [0.717, 1.165) is 19.1 Å². The predicted octanol–water partition coefficient (Wildman–Crippen LogP) is 1.93. The number of rotatable bonds is 5. The van der Waals surface area contributed by atoms with Crippen LogP contribution < -0.4 is 0 Å². The van der Waals surface area contributed by atoms with Crippen LogP contribution in [0.15, 0.2) is 0 Å². The minimum absolute atomic E-state index is 0.0937. The van der Waals surface area contributed by atoms with Crippen LogP contribution in [0.2, 0.25) is 0 Å². The monoisotopic (exact) mass is 180 g/mol. The van der Waals surface area contributed by atoms with Gasteiger partial charge in [0, 0.05) is 12.8 Å². The molecule has 72 valence electrons. The van der Waals surface area contributed by atoms with Gasteiger partial charge in [-0.2, -0.15) is 0 Å². The fourth-order valence-electron chi connectivity index (χ4n) is 1.16. The van der Waals surface area contributed by atoms with Gasteiger partial charge < -0.3 is 9.53 Å². The molecule has 0 aromatic rings. The second-order valence-electron chi connectivity index (χ2n) is 3.29. The topological polar surface area (TPSA) is 29.6 Å². The standard InChI is InChI=1S/C11H16O2/c1-2-3-4-5-6-7-8-10-11(9-12)13-10/h9-11H,2-5,8H2,1H3/t10-,11-/m0/s1. The summed E-state index contributed by atoms with van der Waals surface area (Å²) in [7, 11) is 0. The summed E-state index contributed by atoms with van der Waals surface area (Å²) in [5.74, 6) is 6.13. The lowest BCUT2D eigenvalue weighted by molar-refractivity contribution is -0.108. The van der Waals surface area contributed by atoms with E-state index in [-0.39, 0.29) is 12.2 Å². The van der Waals surface area contributed by atoms with Crippen LogP contribution in [0.25, 0.3) is 0 Å². The first-order valence-electron chi connectivity index (χ1n) is 4.95. The van der Waals surface area contributed by atoms with Crippen LogP contribution in [0.4, 0.5) is 0 Å². The van der Waals surface area contributed by atoms with Crippen molar-refractivity contribution in [1.29, 1.82) is 0 Å². The summed E-state index contributed by atoms with van der Waals surface area (Å²) in [6, 6.07) is 0. The van der Waals surface area contributed by atoms with Gasteiger partial charge in [0.1, 0.15) is 12.2 Å². The minimum Gasteiger partial charge on any atom is -0.361 e. The van der Waals surface area contributed by atoms with E-state index in [1.807, 2.05) is 0 Å². The van der Waals surface area contributed by atoms with Gasteiger partial charge in [0.2, 0.25) is 0 Å². The maximum Gasteiger partial charge on any atom is 0.151 e. The number of hydrogen-bond donors (Lipinski definition) is 0. The number of epoxide rings is 1. The lowest BCUT2D eigenvalue weighted by Crippen LogP contribution is -1.92.